The van der Waals surface area contributed by atoms with E-state index < -0.39 is 9.84 Å². The lowest BCUT2D eigenvalue weighted by Crippen LogP contribution is -2.48. The molecule has 2 N–H and O–H groups in total. The number of methoxy groups -OCH3 is 2. The topological polar surface area (TPSA) is 93.7 Å². The van der Waals surface area contributed by atoms with Gasteiger partial charge in [-0.15, -0.1) is 0 Å². The predicted molar refractivity (Wildman–Crippen MR) is 85.6 cm³/mol. The molecule has 0 aliphatic carbocycles. The lowest BCUT2D eigenvalue weighted by molar-refractivity contribution is -0.120. The average molecular weight is 342 g/mol. The minimum Gasteiger partial charge on any atom is -0.493 e. The van der Waals surface area contributed by atoms with E-state index in [9.17, 15) is 13.2 Å². The van der Waals surface area contributed by atoms with Crippen LogP contribution in [0.4, 0.5) is 0 Å². The van der Waals surface area contributed by atoms with E-state index in [1.54, 1.807) is 0 Å². The zero-order valence-electron chi connectivity index (χ0n) is 13.3. The van der Waals surface area contributed by atoms with Gasteiger partial charge in [-0.05, 0) is 12.1 Å². The van der Waals surface area contributed by atoms with Crippen LogP contribution in [-0.4, -0.2) is 53.9 Å². The molecule has 0 spiro atoms. The van der Waals surface area contributed by atoms with Crippen molar-refractivity contribution >= 4 is 15.7 Å². The standard InChI is InChI=1S/C15H22N2O5S/c1-21-13-4-3-12(7-14(13)22-2)23(19,20)6-5-15(18)17-10-11-8-16-9-11/h3-4,7,11,16H,5-6,8-10H2,1-2H3,(H,17,18). The molecule has 23 heavy (non-hydrogen) atoms. The molecule has 1 aliphatic heterocycles. The Balaban J connectivity index is 1.93. The number of nitrogens with one attached hydrogen (secondary N) is 2. The molecule has 8 heteroatoms. The molecule has 2 rings (SSSR count). The Bertz CT molecular complexity index is 656. The van der Waals surface area contributed by atoms with Crippen molar-refractivity contribution in [2.24, 2.45) is 5.92 Å². The van der Waals surface area contributed by atoms with E-state index in [1.165, 1.54) is 32.4 Å². The number of hydrogen-bond donors (Lipinski definition) is 2. The van der Waals surface area contributed by atoms with Crippen LogP contribution in [0.1, 0.15) is 6.42 Å². The van der Waals surface area contributed by atoms with Gasteiger partial charge in [0.1, 0.15) is 0 Å². The third kappa shape index (κ3) is 4.59. The summed E-state index contributed by atoms with van der Waals surface area (Å²) in [6.45, 7) is 2.37. The van der Waals surface area contributed by atoms with Crippen LogP contribution in [0.5, 0.6) is 11.5 Å². The van der Waals surface area contributed by atoms with Gasteiger partial charge >= 0.3 is 0 Å². The van der Waals surface area contributed by atoms with Gasteiger partial charge in [-0.1, -0.05) is 0 Å². The Morgan fingerprint density at radius 3 is 2.52 bits per heavy atom. The Hall–Kier alpha value is -1.80. The van der Waals surface area contributed by atoms with Crippen LogP contribution in [0, 0.1) is 5.92 Å². The summed E-state index contributed by atoms with van der Waals surface area (Å²) < 4.78 is 34.8. The molecule has 0 saturated carbocycles. The lowest BCUT2D eigenvalue weighted by Gasteiger charge is -2.27. The second kappa shape index (κ2) is 7.65. The number of carbonyl (C=O) groups excluding carboxylic acids is 1. The number of ether oxygens (including phenoxy) is 2. The van der Waals surface area contributed by atoms with Gasteiger partial charge in [-0.3, -0.25) is 4.79 Å². The van der Waals surface area contributed by atoms with Gasteiger partial charge in [0.25, 0.3) is 0 Å². The van der Waals surface area contributed by atoms with Gasteiger partial charge in [0.15, 0.2) is 21.3 Å². The summed E-state index contributed by atoms with van der Waals surface area (Å²) in [5.41, 5.74) is 0. The molecule has 0 radical (unpaired) electrons. The van der Waals surface area contributed by atoms with Crippen LogP contribution >= 0.6 is 0 Å². The molecule has 1 amide bonds. The van der Waals surface area contributed by atoms with Crippen molar-refractivity contribution in [2.75, 3.05) is 39.6 Å². The first kappa shape index (κ1) is 17.6. The summed E-state index contributed by atoms with van der Waals surface area (Å²) in [5, 5.41) is 5.87. The largest absolute Gasteiger partial charge is 0.493 e. The van der Waals surface area contributed by atoms with Crippen molar-refractivity contribution in [1.82, 2.24) is 10.6 Å². The van der Waals surface area contributed by atoms with Gasteiger partial charge in [-0.25, -0.2) is 8.42 Å². The van der Waals surface area contributed by atoms with E-state index in [2.05, 4.69) is 10.6 Å². The van der Waals surface area contributed by atoms with Gasteiger partial charge in [0, 0.05) is 38.0 Å². The van der Waals surface area contributed by atoms with Crippen LogP contribution in [0.25, 0.3) is 0 Å². The highest BCUT2D eigenvalue weighted by molar-refractivity contribution is 7.91. The first-order valence-electron chi connectivity index (χ1n) is 7.38. The van der Waals surface area contributed by atoms with Crippen molar-refractivity contribution in [2.45, 2.75) is 11.3 Å². The second-order valence-corrected chi connectivity index (χ2v) is 7.52. The molecular weight excluding hydrogens is 320 g/mol. The quantitative estimate of drug-likeness (QED) is 0.701. The smallest absolute Gasteiger partial charge is 0.221 e. The number of amides is 1. The monoisotopic (exact) mass is 342 g/mol. The van der Waals surface area contributed by atoms with Crippen LogP contribution in [0.15, 0.2) is 23.1 Å². The van der Waals surface area contributed by atoms with Crippen molar-refractivity contribution in [3.8, 4) is 11.5 Å². The zero-order chi connectivity index (χ0) is 16.9. The highest BCUT2D eigenvalue weighted by Gasteiger charge is 2.20. The molecule has 1 fully saturated rings. The van der Waals surface area contributed by atoms with Crippen molar-refractivity contribution in [3.05, 3.63) is 18.2 Å². The summed E-state index contributed by atoms with van der Waals surface area (Å²) in [6, 6.07) is 4.40. The molecule has 0 aromatic heterocycles. The first-order chi connectivity index (χ1) is 11.0. The normalized spacial score (nSPS) is 14.9. The summed E-state index contributed by atoms with van der Waals surface area (Å²) in [4.78, 5) is 11.9. The SMILES string of the molecule is COc1ccc(S(=O)(=O)CCC(=O)NCC2CNC2)cc1OC. The number of rotatable bonds is 8. The van der Waals surface area contributed by atoms with E-state index in [4.69, 9.17) is 9.47 Å². The molecule has 1 aromatic carbocycles. The highest BCUT2D eigenvalue weighted by atomic mass is 32.2. The van der Waals surface area contributed by atoms with Crippen LogP contribution in [0.3, 0.4) is 0 Å². The third-order valence-corrected chi connectivity index (χ3v) is 5.48. The molecule has 0 unspecified atom stereocenters. The number of hydrogen-bond acceptors (Lipinski definition) is 6. The number of sulfone groups is 1. The second-order valence-electron chi connectivity index (χ2n) is 5.41. The lowest BCUT2D eigenvalue weighted by atomic mass is 10.0. The fourth-order valence-electron chi connectivity index (χ4n) is 2.19. The zero-order valence-corrected chi connectivity index (χ0v) is 14.1. The number of benzene rings is 1. The van der Waals surface area contributed by atoms with E-state index in [1.807, 2.05) is 0 Å². The van der Waals surface area contributed by atoms with Gasteiger partial charge in [-0.2, -0.15) is 0 Å². The molecule has 128 valence electrons. The molecule has 1 aromatic rings. The molecule has 0 bridgehead atoms. The molecule has 1 heterocycles. The predicted octanol–water partition coefficient (Wildman–Crippen LogP) is 0.203. The first-order valence-corrected chi connectivity index (χ1v) is 9.03. The molecular formula is C15H22N2O5S. The van der Waals surface area contributed by atoms with Crippen LogP contribution in [0.2, 0.25) is 0 Å². The fraction of sp³-hybridized carbons (Fsp3) is 0.533. The van der Waals surface area contributed by atoms with Gasteiger partial charge < -0.3 is 20.1 Å². The van der Waals surface area contributed by atoms with Crippen LogP contribution in [-0.2, 0) is 14.6 Å². The maximum Gasteiger partial charge on any atom is 0.221 e. The minimum absolute atomic E-state index is 0.0587. The summed E-state index contributed by atoms with van der Waals surface area (Å²) in [7, 11) is -0.630. The Morgan fingerprint density at radius 2 is 1.96 bits per heavy atom. The third-order valence-electron chi connectivity index (χ3n) is 3.77. The van der Waals surface area contributed by atoms with Crippen molar-refractivity contribution in [1.29, 1.82) is 0 Å². The minimum atomic E-state index is -3.55. The molecule has 1 aliphatic rings. The summed E-state index contributed by atoms with van der Waals surface area (Å²) in [5.74, 6) is 0.758. The van der Waals surface area contributed by atoms with E-state index >= 15 is 0 Å². The molecule has 0 atom stereocenters. The maximum atomic E-state index is 12.3. The van der Waals surface area contributed by atoms with E-state index in [0.29, 0.717) is 24.0 Å². The highest BCUT2D eigenvalue weighted by Crippen LogP contribution is 2.29. The van der Waals surface area contributed by atoms with E-state index in [0.717, 1.165) is 13.1 Å². The average Bonchev–Trinajstić information content (AvgIpc) is 2.50. The number of carbonyl (C=O) groups is 1. The summed E-state index contributed by atoms with van der Waals surface area (Å²) in [6.07, 6.45) is -0.0587. The van der Waals surface area contributed by atoms with Gasteiger partial charge in [0.05, 0.1) is 24.9 Å². The Morgan fingerprint density at radius 1 is 1.26 bits per heavy atom. The van der Waals surface area contributed by atoms with Crippen molar-refractivity contribution in [3.63, 3.8) is 0 Å². The van der Waals surface area contributed by atoms with Crippen LogP contribution < -0.4 is 20.1 Å². The van der Waals surface area contributed by atoms with Gasteiger partial charge in [0.2, 0.25) is 5.91 Å². The molecule has 1 saturated heterocycles. The van der Waals surface area contributed by atoms with E-state index in [-0.39, 0.29) is 23.0 Å². The van der Waals surface area contributed by atoms with Crippen molar-refractivity contribution < 1.29 is 22.7 Å². The summed E-state index contributed by atoms with van der Waals surface area (Å²) >= 11 is 0. The Kier molecular flexibility index (Phi) is 5.84. The Labute approximate surface area is 136 Å². The molecule has 7 nitrogen and oxygen atoms in total. The maximum absolute atomic E-state index is 12.3. The fourth-order valence-corrected chi connectivity index (χ4v) is 3.45.